The van der Waals surface area contributed by atoms with Crippen LogP contribution in [0.2, 0.25) is 5.02 Å². The molecule has 0 aliphatic rings. The summed E-state index contributed by atoms with van der Waals surface area (Å²) in [5, 5.41) is 9.42. The molecule has 3 nitrogen and oxygen atoms in total. The Hall–Kier alpha value is -2.30. The van der Waals surface area contributed by atoms with E-state index in [2.05, 4.69) is 0 Å². The first-order valence-corrected chi connectivity index (χ1v) is 8.31. The number of sulfone groups is 1. The molecule has 0 unspecified atom stereocenters. The van der Waals surface area contributed by atoms with Gasteiger partial charge >= 0.3 is 6.18 Å². The van der Waals surface area contributed by atoms with Crippen LogP contribution in [0.1, 0.15) is 11.1 Å². The third-order valence-corrected chi connectivity index (χ3v) is 5.01. The molecule has 0 fully saturated rings. The summed E-state index contributed by atoms with van der Waals surface area (Å²) in [5.41, 5.74) is -1.43. The fourth-order valence-corrected chi connectivity index (χ4v) is 3.21. The van der Waals surface area contributed by atoms with E-state index in [1.54, 1.807) is 0 Å². The molecule has 0 heterocycles. The molecule has 0 saturated carbocycles. The molecule has 0 N–H and O–H groups in total. The van der Waals surface area contributed by atoms with Crippen molar-refractivity contribution in [3.05, 3.63) is 69.6 Å². The van der Waals surface area contributed by atoms with Crippen LogP contribution in [-0.4, -0.2) is 8.42 Å². The van der Waals surface area contributed by atoms with Crippen LogP contribution >= 0.6 is 11.6 Å². The molecule has 0 aliphatic carbocycles. The van der Waals surface area contributed by atoms with Gasteiger partial charge in [0.05, 0.1) is 10.5 Å². The highest BCUT2D eigenvalue weighted by atomic mass is 35.5. The van der Waals surface area contributed by atoms with Crippen molar-refractivity contribution < 1.29 is 21.6 Å². The Balaban J connectivity index is 2.59. The number of nitrogens with zero attached hydrogens (tertiary/aromatic N) is 1. The quantitative estimate of drug-likeness (QED) is 0.735. The van der Waals surface area contributed by atoms with Gasteiger partial charge in [0, 0.05) is 5.02 Å². The number of alkyl halides is 3. The lowest BCUT2D eigenvalue weighted by Crippen LogP contribution is -2.08. The Kier molecular flexibility index (Phi) is 5.02. The number of hydrogen-bond acceptors (Lipinski definition) is 3. The van der Waals surface area contributed by atoms with Crippen molar-refractivity contribution in [1.82, 2.24) is 0 Å². The second kappa shape index (κ2) is 6.67. The predicted molar refractivity (Wildman–Crippen MR) is 83.7 cm³/mol. The maximum Gasteiger partial charge on any atom is 0.416 e. The predicted octanol–water partition coefficient (Wildman–Crippen LogP) is 4.70. The zero-order valence-electron chi connectivity index (χ0n) is 11.9. The standard InChI is InChI=1S/C16H9ClF3NO2S/c17-12-5-7-13(8-6-12)24(22,23)14(10-21)9-11-3-1-2-4-15(11)16(18,19)20/h1-9H. The van der Waals surface area contributed by atoms with Gasteiger partial charge in [0.15, 0.2) is 0 Å². The number of rotatable bonds is 3. The highest BCUT2D eigenvalue weighted by Crippen LogP contribution is 2.33. The fraction of sp³-hybridized carbons (Fsp3) is 0.0625. The second-order valence-corrected chi connectivity index (χ2v) is 7.02. The molecule has 0 amide bonds. The normalized spacial score (nSPS) is 12.7. The third-order valence-electron chi connectivity index (χ3n) is 3.08. The molecule has 0 spiro atoms. The maximum absolute atomic E-state index is 13.0. The van der Waals surface area contributed by atoms with Crippen LogP contribution in [0.4, 0.5) is 13.2 Å². The van der Waals surface area contributed by atoms with E-state index >= 15 is 0 Å². The molecule has 0 atom stereocenters. The summed E-state index contributed by atoms with van der Waals surface area (Å²) in [6.07, 6.45) is -3.95. The number of hydrogen-bond donors (Lipinski definition) is 0. The van der Waals surface area contributed by atoms with Gasteiger partial charge in [-0.1, -0.05) is 29.8 Å². The number of nitriles is 1. The minimum atomic E-state index is -4.67. The number of halogens is 4. The van der Waals surface area contributed by atoms with Gasteiger partial charge in [-0.15, -0.1) is 0 Å². The van der Waals surface area contributed by atoms with Gasteiger partial charge in [0.1, 0.15) is 11.0 Å². The third kappa shape index (κ3) is 3.78. The van der Waals surface area contributed by atoms with E-state index in [-0.39, 0.29) is 4.90 Å². The van der Waals surface area contributed by atoms with Gasteiger partial charge in [-0.2, -0.15) is 18.4 Å². The van der Waals surface area contributed by atoms with Gasteiger partial charge in [-0.3, -0.25) is 0 Å². The summed E-state index contributed by atoms with van der Waals surface area (Å²) in [4.78, 5) is -1.02. The first-order chi connectivity index (χ1) is 11.2. The van der Waals surface area contributed by atoms with E-state index in [9.17, 15) is 21.6 Å². The summed E-state index contributed by atoms with van der Waals surface area (Å²) in [5.74, 6) is 0. The summed E-state index contributed by atoms with van der Waals surface area (Å²) in [6, 6.07) is 10.9. The van der Waals surface area contributed by atoms with Crippen LogP contribution in [0, 0.1) is 11.3 Å². The molecule has 0 bridgehead atoms. The first-order valence-electron chi connectivity index (χ1n) is 6.45. The van der Waals surface area contributed by atoms with Gasteiger partial charge in [0.25, 0.3) is 0 Å². The molecular weight excluding hydrogens is 363 g/mol. The molecule has 2 aromatic carbocycles. The zero-order valence-corrected chi connectivity index (χ0v) is 13.5. The molecule has 2 aromatic rings. The molecule has 0 aromatic heterocycles. The lowest BCUT2D eigenvalue weighted by molar-refractivity contribution is -0.137. The lowest BCUT2D eigenvalue weighted by Gasteiger charge is -2.10. The van der Waals surface area contributed by atoms with Crippen molar-refractivity contribution in [3.63, 3.8) is 0 Å². The van der Waals surface area contributed by atoms with Crippen LogP contribution in [0.15, 0.2) is 58.3 Å². The Bertz CT molecular complexity index is 927. The lowest BCUT2D eigenvalue weighted by atomic mass is 10.1. The van der Waals surface area contributed by atoms with Gasteiger partial charge in [-0.05, 0) is 42.0 Å². The Labute approximate surface area is 141 Å². The highest BCUT2D eigenvalue weighted by molar-refractivity contribution is 7.95. The van der Waals surface area contributed by atoms with Crippen molar-refractivity contribution in [1.29, 1.82) is 5.26 Å². The molecule has 2 rings (SSSR count). The van der Waals surface area contributed by atoms with Crippen molar-refractivity contribution in [2.24, 2.45) is 0 Å². The van der Waals surface area contributed by atoms with Crippen molar-refractivity contribution in [3.8, 4) is 6.07 Å². The largest absolute Gasteiger partial charge is 0.416 e. The SMILES string of the molecule is N#CC(=Cc1ccccc1C(F)(F)F)S(=O)(=O)c1ccc(Cl)cc1. The Morgan fingerprint density at radius 2 is 1.67 bits per heavy atom. The van der Waals surface area contributed by atoms with E-state index in [1.807, 2.05) is 0 Å². The number of allylic oxidation sites excluding steroid dienone is 1. The minimum absolute atomic E-state index is 0.232. The molecule has 0 radical (unpaired) electrons. The van der Waals surface area contributed by atoms with E-state index < -0.39 is 32.0 Å². The van der Waals surface area contributed by atoms with E-state index in [1.165, 1.54) is 42.5 Å². The molecule has 124 valence electrons. The first kappa shape index (κ1) is 18.0. The van der Waals surface area contributed by atoms with Crippen molar-refractivity contribution >= 4 is 27.5 Å². The summed E-state index contributed by atoms with van der Waals surface area (Å²) >= 11 is 5.68. The van der Waals surface area contributed by atoms with Crippen LogP contribution in [0.25, 0.3) is 6.08 Å². The molecule has 24 heavy (non-hydrogen) atoms. The Morgan fingerprint density at radius 3 is 2.21 bits per heavy atom. The number of benzene rings is 2. The van der Waals surface area contributed by atoms with E-state index in [0.29, 0.717) is 11.1 Å². The van der Waals surface area contributed by atoms with Gasteiger partial charge in [0.2, 0.25) is 9.84 Å². The summed E-state index contributed by atoms with van der Waals surface area (Å²) in [6.45, 7) is 0. The highest BCUT2D eigenvalue weighted by Gasteiger charge is 2.33. The van der Waals surface area contributed by atoms with Gasteiger partial charge < -0.3 is 0 Å². The fourth-order valence-electron chi connectivity index (χ4n) is 1.93. The van der Waals surface area contributed by atoms with Crippen LogP contribution in [0.3, 0.4) is 0 Å². The topological polar surface area (TPSA) is 57.9 Å². The van der Waals surface area contributed by atoms with Crippen molar-refractivity contribution in [2.75, 3.05) is 0 Å². The zero-order chi connectivity index (χ0) is 18.0. The van der Waals surface area contributed by atoms with E-state index in [0.717, 1.165) is 12.1 Å². The summed E-state index contributed by atoms with van der Waals surface area (Å²) < 4.78 is 63.8. The summed E-state index contributed by atoms with van der Waals surface area (Å²) in [7, 11) is -4.25. The second-order valence-electron chi connectivity index (χ2n) is 4.66. The van der Waals surface area contributed by atoms with Crippen LogP contribution in [-0.2, 0) is 16.0 Å². The maximum atomic E-state index is 13.0. The minimum Gasteiger partial charge on any atom is -0.218 e. The van der Waals surface area contributed by atoms with E-state index in [4.69, 9.17) is 16.9 Å². The average molecular weight is 372 g/mol. The van der Waals surface area contributed by atoms with Crippen LogP contribution in [0.5, 0.6) is 0 Å². The van der Waals surface area contributed by atoms with Gasteiger partial charge in [-0.25, -0.2) is 8.42 Å². The monoisotopic (exact) mass is 371 g/mol. The Morgan fingerprint density at radius 1 is 1.08 bits per heavy atom. The molecule has 0 saturated heterocycles. The smallest absolute Gasteiger partial charge is 0.218 e. The average Bonchev–Trinajstić information content (AvgIpc) is 2.52. The molecular formula is C16H9ClF3NO2S. The molecule has 8 heteroatoms. The van der Waals surface area contributed by atoms with Crippen molar-refractivity contribution in [2.45, 2.75) is 11.1 Å². The molecule has 0 aliphatic heterocycles. The van der Waals surface area contributed by atoms with Crippen LogP contribution < -0.4 is 0 Å².